The van der Waals surface area contributed by atoms with Crippen molar-refractivity contribution in [3.05, 3.63) is 87.7 Å². The average molecular weight is 515 g/mol. The Hall–Kier alpha value is -4.77. The number of pyridine rings is 1. The first kappa shape index (κ1) is 24.4. The van der Waals surface area contributed by atoms with E-state index in [4.69, 9.17) is 14.6 Å². The van der Waals surface area contributed by atoms with Gasteiger partial charge in [-0.1, -0.05) is 30.3 Å². The van der Waals surface area contributed by atoms with Crippen molar-refractivity contribution in [2.24, 2.45) is 0 Å². The van der Waals surface area contributed by atoms with Gasteiger partial charge < -0.3 is 14.6 Å². The fourth-order valence-electron chi connectivity index (χ4n) is 2.83. The van der Waals surface area contributed by atoms with Crippen LogP contribution in [-0.2, 0) is 6.61 Å². The summed E-state index contributed by atoms with van der Waals surface area (Å²) >= 11 is 0.107. The quantitative estimate of drug-likeness (QED) is 0.344. The number of nitrogens with zero attached hydrogens (tertiary/aromatic N) is 4. The van der Waals surface area contributed by atoms with E-state index in [1.807, 2.05) is 17.1 Å². The summed E-state index contributed by atoms with van der Waals surface area (Å²) in [6, 6.07) is 14.8. The van der Waals surface area contributed by atoms with Crippen molar-refractivity contribution < 1.29 is 32.5 Å². The summed E-state index contributed by atoms with van der Waals surface area (Å²) in [5.74, 6) is -6.08. The van der Waals surface area contributed by atoms with Crippen LogP contribution in [0.25, 0.3) is 0 Å². The number of halogens is 3. The van der Waals surface area contributed by atoms with Crippen molar-refractivity contribution in [1.82, 2.24) is 19.7 Å². The largest absolute Gasteiger partial charge is 0.485 e. The molecule has 182 valence electrons. The molecule has 0 spiro atoms. The van der Waals surface area contributed by atoms with Gasteiger partial charge in [0.2, 0.25) is 5.82 Å². The highest BCUT2D eigenvalue weighted by molar-refractivity contribution is 7.99. The predicted molar refractivity (Wildman–Crippen MR) is 117 cm³/mol. The summed E-state index contributed by atoms with van der Waals surface area (Å²) in [7, 11) is 0. The lowest BCUT2D eigenvalue weighted by Gasteiger charge is -2.14. The molecule has 0 aliphatic carbocycles. The molecule has 4 aromatic rings. The van der Waals surface area contributed by atoms with Crippen LogP contribution < -0.4 is 15.2 Å². The van der Waals surface area contributed by atoms with Crippen molar-refractivity contribution in [2.45, 2.75) is 16.7 Å². The van der Waals surface area contributed by atoms with Crippen LogP contribution in [-0.4, -0.2) is 30.9 Å². The zero-order valence-corrected chi connectivity index (χ0v) is 18.6. The maximum Gasteiger partial charge on any atom is 0.436 e. The number of hydrogen-bond donors (Lipinski definition) is 2. The molecule has 14 heteroatoms. The Labute approximate surface area is 203 Å². The molecule has 0 fully saturated rings. The Kier molecular flexibility index (Phi) is 6.93. The van der Waals surface area contributed by atoms with Crippen molar-refractivity contribution in [1.29, 1.82) is 5.26 Å². The highest BCUT2D eigenvalue weighted by atomic mass is 32.2. The maximum absolute atomic E-state index is 15.2. The maximum atomic E-state index is 15.2. The van der Waals surface area contributed by atoms with Crippen LogP contribution in [0.5, 0.6) is 17.4 Å². The van der Waals surface area contributed by atoms with Gasteiger partial charge in [0.1, 0.15) is 6.61 Å². The number of aromatic nitrogens is 4. The van der Waals surface area contributed by atoms with Crippen LogP contribution in [0.3, 0.4) is 0 Å². The SMILES string of the molecule is N#Cc1ccc(OCc2ccccc2)c(Oc2nc(F)c(F)c(Sc3nn(C(=O)O)c(=O)[nH]3)c2F)c1. The lowest BCUT2D eigenvalue weighted by atomic mass is 10.2. The third kappa shape index (κ3) is 5.15. The lowest BCUT2D eigenvalue weighted by molar-refractivity contribution is 0.191. The molecule has 2 heterocycles. The zero-order chi connectivity index (χ0) is 25.8. The number of hydrogen-bond acceptors (Lipinski definition) is 8. The minimum Gasteiger partial charge on any atom is -0.485 e. The van der Waals surface area contributed by atoms with Gasteiger partial charge in [0, 0.05) is 6.07 Å². The fraction of sp³-hybridized carbons (Fsp3) is 0.0455. The standard InChI is InChI=1S/C22H12F3N5O5S/c23-15-17(36-20-28-21(31)30(29-20)22(32)33)16(24)19(27-18(15)25)35-14-8-12(9-26)6-7-13(14)34-10-11-4-2-1-3-5-11/h1-8H,10H2,(H,32,33)(H,28,29,31). The minimum atomic E-state index is -1.74. The van der Waals surface area contributed by atoms with Gasteiger partial charge in [0.15, 0.2) is 22.5 Å². The summed E-state index contributed by atoms with van der Waals surface area (Å²) in [6.07, 6.45) is -1.74. The van der Waals surface area contributed by atoms with Crippen LogP contribution >= 0.6 is 11.8 Å². The summed E-state index contributed by atoms with van der Waals surface area (Å²) < 4.78 is 54.8. The van der Waals surface area contributed by atoms with Gasteiger partial charge in [-0.25, -0.2) is 14.0 Å². The first-order valence-corrected chi connectivity index (χ1v) is 10.6. The predicted octanol–water partition coefficient (Wildman–Crippen LogP) is 4.30. The zero-order valence-electron chi connectivity index (χ0n) is 17.7. The molecular weight excluding hydrogens is 503 g/mol. The molecule has 0 atom stereocenters. The van der Waals surface area contributed by atoms with E-state index < -0.39 is 45.3 Å². The number of rotatable bonds is 7. The second-order valence-electron chi connectivity index (χ2n) is 6.85. The number of carboxylic acid groups (broad SMARTS) is 1. The number of H-pyrrole nitrogens is 1. The Balaban J connectivity index is 1.68. The van der Waals surface area contributed by atoms with E-state index in [1.54, 1.807) is 24.3 Å². The van der Waals surface area contributed by atoms with Gasteiger partial charge in [-0.05, 0) is 29.5 Å². The number of ether oxygens (including phenoxy) is 2. The monoisotopic (exact) mass is 515 g/mol. The molecule has 4 rings (SSSR count). The van der Waals surface area contributed by atoms with E-state index in [0.29, 0.717) is 0 Å². The van der Waals surface area contributed by atoms with Crippen LogP contribution in [0.2, 0.25) is 0 Å². The Morgan fingerprint density at radius 3 is 2.56 bits per heavy atom. The van der Waals surface area contributed by atoms with E-state index in [0.717, 1.165) is 5.56 Å². The molecule has 0 amide bonds. The van der Waals surface area contributed by atoms with Crippen LogP contribution in [0.15, 0.2) is 63.4 Å². The lowest BCUT2D eigenvalue weighted by Crippen LogP contribution is -2.24. The molecule has 0 radical (unpaired) electrons. The smallest absolute Gasteiger partial charge is 0.436 e. The highest BCUT2D eigenvalue weighted by Gasteiger charge is 2.26. The first-order chi connectivity index (χ1) is 17.3. The molecule has 2 aromatic carbocycles. The van der Waals surface area contributed by atoms with Gasteiger partial charge in [0.05, 0.1) is 16.5 Å². The Morgan fingerprint density at radius 1 is 1.14 bits per heavy atom. The number of nitriles is 1. The summed E-state index contributed by atoms with van der Waals surface area (Å²) in [5, 5.41) is 20.9. The van der Waals surface area contributed by atoms with Gasteiger partial charge >= 0.3 is 11.8 Å². The van der Waals surface area contributed by atoms with Crippen LogP contribution in [0.1, 0.15) is 11.1 Å². The molecule has 0 aliphatic rings. The Morgan fingerprint density at radius 2 is 1.89 bits per heavy atom. The van der Waals surface area contributed by atoms with Gasteiger partial charge in [-0.3, -0.25) is 4.98 Å². The highest BCUT2D eigenvalue weighted by Crippen LogP contribution is 2.38. The summed E-state index contributed by atoms with van der Waals surface area (Å²) in [4.78, 5) is 26.7. The first-order valence-electron chi connectivity index (χ1n) is 9.80. The van der Waals surface area contributed by atoms with Crippen molar-refractivity contribution >= 4 is 17.9 Å². The van der Waals surface area contributed by atoms with Crippen molar-refractivity contribution in [2.75, 3.05) is 0 Å². The van der Waals surface area contributed by atoms with Gasteiger partial charge in [-0.15, -0.1) is 9.78 Å². The third-order valence-corrected chi connectivity index (χ3v) is 5.40. The molecule has 0 saturated heterocycles. The number of nitrogens with one attached hydrogen (secondary N) is 1. The van der Waals surface area contributed by atoms with Crippen LogP contribution in [0.4, 0.5) is 18.0 Å². The summed E-state index contributed by atoms with van der Waals surface area (Å²) in [6.45, 7) is 0.0808. The molecule has 2 N–H and O–H groups in total. The van der Waals surface area contributed by atoms with Gasteiger partial charge in [-0.2, -0.15) is 19.0 Å². The average Bonchev–Trinajstić information content (AvgIpc) is 3.25. The van der Waals surface area contributed by atoms with Crippen molar-refractivity contribution in [3.63, 3.8) is 0 Å². The summed E-state index contributed by atoms with van der Waals surface area (Å²) in [5.41, 5.74) is -0.296. The second-order valence-corrected chi connectivity index (χ2v) is 7.85. The second kappa shape index (κ2) is 10.2. The molecule has 0 unspecified atom stereocenters. The molecule has 0 saturated carbocycles. The van der Waals surface area contributed by atoms with Crippen molar-refractivity contribution in [3.8, 4) is 23.4 Å². The molecule has 36 heavy (non-hydrogen) atoms. The molecular formula is C22H12F3N5O5S. The fourth-order valence-corrected chi connectivity index (χ4v) is 3.63. The molecule has 0 aliphatic heterocycles. The molecule has 10 nitrogen and oxygen atoms in total. The normalized spacial score (nSPS) is 10.6. The van der Waals surface area contributed by atoms with Gasteiger partial charge in [0.25, 0.3) is 11.8 Å². The van der Waals surface area contributed by atoms with E-state index >= 15 is 4.39 Å². The number of carbonyl (C=O) groups is 1. The molecule has 2 aromatic heterocycles. The minimum absolute atomic E-state index is 0.00313. The topological polar surface area (TPSA) is 143 Å². The van der Waals surface area contributed by atoms with E-state index in [9.17, 15) is 23.6 Å². The molecule has 0 bridgehead atoms. The third-order valence-electron chi connectivity index (χ3n) is 4.46. The van der Waals surface area contributed by atoms with E-state index in [1.165, 1.54) is 18.2 Å². The number of aromatic amines is 1. The Bertz CT molecular complexity index is 1550. The van der Waals surface area contributed by atoms with E-state index in [-0.39, 0.29) is 40.1 Å². The number of benzene rings is 2. The van der Waals surface area contributed by atoms with E-state index in [2.05, 4.69) is 10.1 Å². The van der Waals surface area contributed by atoms with Crippen LogP contribution in [0, 0.1) is 28.9 Å².